The highest BCUT2D eigenvalue weighted by Crippen LogP contribution is 2.26. The number of carboxylic acids is 1. The number of nitrogens with zero attached hydrogens (tertiary/aromatic N) is 4. The van der Waals surface area contributed by atoms with Crippen molar-refractivity contribution < 1.29 is 14.7 Å². The second kappa shape index (κ2) is 5.53. The summed E-state index contributed by atoms with van der Waals surface area (Å²) < 4.78 is 1.77. The Kier molecular flexibility index (Phi) is 3.67. The molecule has 1 saturated heterocycles. The van der Waals surface area contributed by atoms with E-state index in [1.165, 1.54) is 4.90 Å². The fourth-order valence-corrected chi connectivity index (χ4v) is 3.12. The lowest BCUT2D eigenvalue weighted by atomic mass is 10.1. The van der Waals surface area contributed by atoms with Gasteiger partial charge in [0, 0.05) is 24.8 Å². The summed E-state index contributed by atoms with van der Waals surface area (Å²) in [4.78, 5) is 25.2. The lowest BCUT2D eigenvalue weighted by Crippen LogP contribution is -2.40. The van der Waals surface area contributed by atoms with Crippen LogP contribution in [0.25, 0.3) is 11.3 Å². The quantitative estimate of drug-likeness (QED) is 0.882. The maximum absolute atomic E-state index is 12.6. The molecule has 2 aromatic rings. The number of aryl methyl sites for hydroxylation is 2. The molecule has 0 saturated carbocycles. The van der Waals surface area contributed by atoms with Gasteiger partial charge >= 0.3 is 5.97 Å². The first-order valence-electron chi connectivity index (χ1n) is 7.50. The molecule has 1 amide bonds. The number of H-pyrrole nitrogens is 1. The molecule has 0 radical (unpaired) electrons. The van der Waals surface area contributed by atoms with Crippen LogP contribution in [-0.2, 0) is 11.8 Å². The number of aromatic amines is 1. The Labute approximate surface area is 133 Å². The largest absolute Gasteiger partial charge is 0.480 e. The lowest BCUT2D eigenvalue weighted by molar-refractivity contribution is -0.141. The fourth-order valence-electron chi connectivity index (χ4n) is 3.12. The molecule has 0 bridgehead atoms. The minimum Gasteiger partial charge on any atom is -0.480 e. The van der Waals surface area contributed by atoms with Gasteiger partial charge in [0.15, 0.2) is 0 Å². The van der Waals surface area contributed by atoms with Crippen molar-refractivity contribution in [2.24, 2.45) is 7.05 Å². The number of amides is 1. The standard InChI is InChI=1S/C15H19N5O3/c1-8-13(9(2)19(3)18-8)10-7-11(17-16-10)14(21)20-6-4-5-12(20)15(22)23/h7,12H,4-6H2,1-3H3,(H,16,17)(H,22,23). The van der Waals surface area contributed by atoms with Gasteiger partial charge in [-0.15, -0.1) is 0 Å². The van der Waals surface area contributed by atoms with Crippen molar-refractivity contribution in [1.29, 1.82) is 0 Å². The summed E-state index contributed by atoms with van der Waals surface area (Å²) in [5, 5.41) is 20.5. The summed E-state index contributed by atoms with van der Waals surface area (Å²) in [5.74, 6) is -1.29. The zero-order chi connectivity index (χ0) is 16.7. The summed E-state index contributed by atoms with van der Waals surface area (Å²) in [6.07, 6.45) is 1.19. The van der Waals surface area contributed by atoms with E-state index < -0.39 is 12.0 Å². The van der Waals surface area contributed by atoms with Gasteiger partial charge in [0.1, 0.15) is 11.7 Å². The molecule has 8 heteroatoms. The normalized spacial score (nSPS) is 17.7. The Morgan fingerprint density at radius 3 is 2.74 bits per heavy atom. The highest BCUT2D eigenvalue weighted by Gasteiger charge is 2.35. The summed E-state index contributed by atoms with van der Waals surface area (Å²) in [6, 6.07) is 0.910. The van der Waals surface area contributed by atoms with Crippen LogP contribution in [0.2, 0.25) is 0 Å². The Morgan fingerprint density at radius 1 is 1.39 bits per heavy atom. The molecule has 1 unspecified atom stereocenters. The second-order valence-electron chi connectivity index (χ2n) is 5.83. The molecule has 122 valence electrons. The van der Waals surface area contributed by atoms with Crippen molar-refractivity contribution in [2.75, 3.05) is 6.54 Å². The van der Waals surface area contributed by atoms with Crippen molar-refractivity contribution >= 4 is 11.9 Å². The van der Waals surface area contributed by atoms with Crippen LogP contribution in [0.1, 0.15) is 34.7 Å². The van der Waals surface area contributed by atoms with Gasteiger partial charge < -0.3 is 10.0 Å². The van der Waals surface area contributed by atoms with Crippen molar-refractivity contribution in [3.8, 4) is 11.3 Å². The molecule has 8 nitrogen and oxygen atoms in total. The monoisotopic (exact) mass is 317 g/mol. The molecule has 0 aliphatic carbocycles. The maximum Gasteiger partial charge on any atom is 0.326 e. The second-order valence-corrected chi connectivity index (χ2v) is 5.83. The van der Waals surface area contributed by atoms with E-state index in [9.17, 15) is 14.7 Å². The van der Waals surface area contributed by atoms with E-state index in [-0.39, 0.29) is 5.91 Å². The number of rotatable bonds is 3. The number of hydrogen-bond acceptors (Lipinski definition) is 4. The van der Waals surface area contributed by atoms with Crippen LogP contribution in [0.4, 0.5) is 0 Å². The van der Waals surface area contributed by atoms with Crippen LogP contribution >= 0.6 is 0 Å². The number of hydrogen-bond donors (Lipinski definition) is 2. The number of carbonyl (C=O) groups is 2. The van der Waals surface area contributed by atoms with Crippen LogP contribution in [0.5, 0.6) is 0 Å². The van der Waals surface area contributed by atoms with Crippen LogP contribution in [0, 0.1) is 13.8 Å². The molecular formula is C15H19N5O3. The average molecular weight is 317 g/mol. The maximum atomic E-state index is 12.6. The van der Waals surface area contributed by atoms with E-state index in [0.29, 0.717) is 30.8 Å². The van der Waals surface area contributed by atoms with Gasteiger partial charge in [0.2, 0.25) is 0 Å². The minimum atomic E-state index is -0.963. The van der Waals surface area contributed by atoms with Crippen LogP contribution in [0.3, 0.4) is 0 Å². The van der Waals surface area contributed by atoms with Gasteiger partial charge in [-0.05, 0) is 32.8 Å². The molecule has 2 aromatic heterocycles. The smallest absolute Gasteiger partial charge is 0.326 e. The van der Waals surface area contributed by atoms with E-state index in [2.05, 4.69) is 15.3 Å². The number of likely N-dealkylation sites (tertiary alicyclic amines) is 1. The molecule has 23 heavy (non-hydrogen) atoms. The third-order valence-corrected chi connectivity index (χ3v) is 4.37. The van der Waals surface area contributed by atoms with Gasteiger partial charge in [-0.25, -0.2) is 4.79 Å². The Bertz CT molecular complexity index is 776. The van der Waals surface area contributed by atoms with Gasteiger partial charge in [-0.3, -0.25) is 14.6 Å². The molecule has 1 aliphatic heterocycles. The predicted molar refractivity (Wildman–Crippen MR) is 82.0 cm³/mol. The summed E-state index contributed by atoms with van der Waals surface area (Å²) in [6.45, 7) is 4.28. The Balaban J connectivity index is 1.90. The van der Waals surface area contributed by atoms with Gasteiger partial charge in [-0.2, -0.15) is 10.2 Å². The fraction of sp³-hybridized carbons (Fsp3) is 0.467. The number of aromatic nitrogens is 4. The number of carboxylic acid groups (broad SMARTS) is 1. The van der Waals surface area contributed by atoms with Crippen molar-refractivity contribution in [2.45, 2.75) is 32.7 Å². The average Bonchev–Trinajstić information content (AvgIpc) is 3.19. The third kappa shape index (κ3) is 2.49. The zero-order valence-electron chi connectivity index (χ0n) is 13.3. The summed E-state index contributed by atoms with van der Waals surface area (Å²) >= 11 is 0. The topological polar surface area (TPSA) is 104 Å². The summed E-state index contributed by atoms with van der Waals surface area (Å²) in [5.41, 5.74) is 3.62. The third-order valence-electron chi connectivity index (χ3n) is 4.37. The van der Waals surface area contributed by atoms with Crippen molar-refractivity contribution in [3.63, 3.8) is 0 Å². The van der Waals surface area contributed by atoms with Crippen molar-refractivity contribution in [1.82, 2.24) is 24.9 Å². The van der Waals surface area contributed by atoms with Gasteiger partial charge in [0.05, 0.1) is 11.4 Å². The van der Waals surface area contributed by atoms with Crippen molar-refractivity contribution in [3.05, 3.63) is 23.1 Å². The highest BCUT2D eigenvalue weighted by molar-refractivity contribution is 5.96. The Hall–Kier alpha value is -2.64. The van der Waals surface area contributed by atoms with E-state index in [1.54, 1.807) is 10.7 Å². The number of carbonyl (C=O) groups excluding carboxylic acids is 1. The molecule has 3 rings (SSSR count). The Morgan fingerprint density at radius 2 is 2.13 bits per heavy atom. The number of aliphatic carboxylic acids is 1. The molecule has 1 aliphatic rings. The molecule has 2 N–H and O–H groups in total. The first-order chi connectivity index (χ1) is 10.9. The SMILES string of the molecule is Cc1nn(C)c(C)c1-c1cc(C(=O)N2CCCC2C(=O)O)[nH]n1. The van der Waals surface area contributed by atoms with Gasteiger partial charge in [0.25, 0.3) is 5.91 Å². The van der Waals surface area contributed by atoms with Crippen LogP contribution in [-0.4, -0.2) is 54.4 Å². The van der Waals surface area contributed by atoms with E-state index in [1.807, 2.05) is 20.9 Å². The highest BCUT2D eigenvalue weighted by atomic mass is 16.4. The minimum absolute atomic E-state index is 0.302. The predicted octanol–water partition coefficient (Wildman–Crippen LogP) is 1.12. The van der Waals surface area contributed by atoms with E-state index in [0.717, 1.165) is 17.0 Å². The summed E-state index contributed by atoms with van der Waals surface area (Å²) in [7, 11) is 1.85. The number of nitrogens with one attached hydrogen (secondary N) is 1. The first-order valence-corrected chi connectivity index (χ1v) is 7.50. The van der Waals surface area contributed by atoms with Crippen LogP contribution < -0.4 is 0 Å². The lowest BCUT2D eigenvalue weighted by Gasteiger charge is -2.20. The van der Waals surface area contributed by atoms with Gasteiger partial charge in [-0.1, -0.05) is 0 Å². The molecule has 0 spiro atoms. The van der Waals surface area contributed by atoms with E-state index in [4.69, 9.17) is 0 Å². The molecule has 3 heterocycles. The van der Waals surface area contributed by atoms with Crippen LogP contribution in [0.15, 0.2) is 6.07 Å². The van der Waals surface area contributed by atoms with E-state index >= 15 is 0 Å². The zero-order valence-corrected chi connectivity index (χ0v) is 13.3. The molecule has 1 fully saturated rings. The molecule has 1 atom stereocenters. The molecule has 0 aromatic carbocycles. The molecular weight excluding hydrogens is 298 g/mol. The first kappa shape index (κ1) is 15.3.